The Labute approximate surface area is 227 Å². The molecule has 1 unspecified atom stereocenters. The van der Waals surface area contributed by atoms with Gasteiger partial charge in [-0.25, -0.2) is 13.1 Å². The van der Waals surface area contributed by atoms with Crippen LogP contribution in [0.15, 0.2) is 54.6 Å². The largest absolute Gasteiger partial charge is 0.496 e. The van der Waals surface area contributed by atoms with Crippen molar-refractivity contribution in [3.05, 3.63) is 71.3 Å². The standard InChI is InChI=1S/C28H32N4O6S/c1-17(29-2)26(33)30-23-13-10-18-7-5-6-8-24(18)32(28(23)35)16-22-21-12-9-20(27(34)31-39(4,36)37)15-19(21)11-14-25(22)38-3/h5-9,11-12,14-15,17,23,29H,10,13,16H2,1-4H3,(H,30,33)(H,31,34)/t17?,23-/m0/s1. The summed E-state index contributed by atoms with van der Waals surface area (Å²) in [6.45, 7) is 1.88. The van der Waals surface area contributed by atoms with Gasteiger partial charge >= 0.3 is 0 Å². The Morgan fingerprint density at radius 3 is 2.56 bits per heavy atom. The molecule has 0 bridgehead atoms. The van der Waals surface area contributed by atoms with Crippen molar-refractivity contribution in [2.75, 3.05) is 25.3 Å². The second kappa shape index (κ2) is 11.4. The summed E-state index contributed by atoms with van der Waals surface area (Å²) in [5, 5.41) is 7.21. The summed E-state index contributed by atoms with van der Waals surface area (Å²) in [6, 6.07) is 14.9. The van der Waals surface area contributed by atoms with Crippen LogP contribution in [-0.4, -0.2) is 58.6 Å². The van der Waals surface area contributed by atoms with Crippen LogP contribution < -0.4 is 25.0 Å². The summed E-state index contributed by atoms with van der Waals surface area (Å²) in [6.07, 6.45) is 1.99. The van der Waals surface area contributed by atoms with Crippen molar-refractivity contribution >= 4 is 44.2 Å². The third-order valence-electron chi connectivity index (χ3n) is 6.86. The molecule has 0 saturated carbocycles. The minimum absolute atomic E-state index is 0.152. The predicted molar refractivity (Wildman–Crippen MR) is 149 cm³/mol. The van der Waals surface area contributed by atoms with Crippen LogP contribution in [0.5, 0.6) is 5.75 Å². The lowest BCUT2D eigenvalue weighted by atomic mass is 10.00. The van der Waals surface area contributed by atoms with Crippen LogP contribution in [0.4, 0.5) is 5.69 Å². The van der Waals surface area contributed by atoms with Crippen molar-refractivity contribution in [3.63, 3.8) is 0 Å². The number of sulfonamides is 1. The smallest absolute Gasteiger partial charge is 0.264 e. The zero-order valence-electron chi connectivity index (χ0n) is 22.3. The van der Waals surface area contributed by atoms with Gasteiger partial charge in [0.15, 0.2) is 0 Å². The molecule has 0 aromatic heterocycles. The molecule has 206 valence electrons. The first kappa shape index (κ1) is 28.1. The first-order valence-electron chi connectivity index (χ1n) is 12.5. The normalized spacial score (nSPS) is 16.3. The van der Waals surface area contributed by atoms with Gasteiger partial charge in [0.25, 0.3) is 5.91 Å². The zero-order valence-corrected chi connectivity index (χ0v) is 23.1. The average Bonchev–Trinajstić information content (AvgIpc) is 3.03. The summed E-state index contributed by atoms with van der Waals surface area (Å²) in [5.41, 5.74) is 2.64. The molecule has 4 rings (SSSR count). The van der Waals surface area contributed by atoms with E-state index in [-0.39, 0.29) is 23.9 Å². The van der Waals surface area contributed by atoms with Gasteiger partial charge in [0.2, 0.25) is 21.8 Å². The minimum atomic E-state index is -3.72. The van der Waals surface area contributed by atoms with Crippen LogP contribution in [0.2, 0.25) is 0 Å². The SMILES string of the molecule is CNC(C)C(=O)N[C@H]1CCc2ccccc2N(Cc2c(OC)ccc3cc(C(=O)NS(C)(=O)=O)ccc23)C1=O. The fourth-order valence-electron chi connectivity index (χ4n) is 4.70. The van der Waals surface area contributed by atoms with Crippen molar-refractivity contribution in [1.29, 1.82) is 0 Å². The van der Waals surface area contributed by atoms with Crippen LogP contribution in [0.3, 0.4) is 0 Å². The molecule has 3 aromatic rings. The van der Waals surface area contributed by atoms with Gasteiger partial charge in [-0.3, -0.25) is 14.4 Å². The van der Waals surface area contributed by atoms with Gasteiger partial charge in [-0.2, -0.15) is 0 Å². The lowest BCUT2D eigenvalue weighted by Crippen LogP contribution is -2.52. The van der Waals surface area contributed by atoms with E-state index in [1.54, 1.807) is 50.2 Å². The minimum Gasteiger partial charge on any atom is -0.496 e. The highest BCUT2D eigenvalue weighted by atomic mass is 32.2. The molecule has 3 N–H and O–H groups in total. The monoisotopic (exact) mass is 552 g/mol. The Balaban J connectivity index is 1.76. The molecule has 1 aliphatic heterocycles. The number of methoxy groups -OCH3 is 1. The predicted octanol–water partition coefficient (Wildman–Crippen LogP) is 2.11. The lowest BCUT2D eigenvalue weighted by molar-refractivity contribution is -0.128. The van der Waals surface area contributed by atoms with Gasteiger partial charge in [0.1, 0.15) is 11.8 Å². The number of amides is 3. The molecule has 1 heterocycles. The van der Waals surface area contributed by atoms with E-state index in [0.717, 1.165) is 22.9 Å². The van der Waals surface area contributed by atoms with Crippen LogP contribution >= 0.6 is 0 Å². The number of carbonyl (C=O) groups excluding carboxylic acids is 3. The second-order valence-corrected chi connectivity index (χ2v) is 11.3. The summed E-state index contributed by atoms with van der Waals surface area (Å²) in [4.78, 5) is 40.7. The Morgan fingerprint density at radius 1 is 1.13 bits per heavy atom. The van der Waals surface area contributed by atoms with E-state index in [2.05, 4.69) is 10.6 Å². The van der Waals surface area contributed by atoms with Gasteiger partial charge in [-0.1, -0.05) is 30.3 Å². The third-order valence-corrected chi connectivity index (χ3v) is 7.41. The number of ether oxygens (including phenoxy) is 1. The summed E-state index contributed by atoms with van der Waals surface area (Å²) < 4.78 is 30.7. The lowest BCUT2D eigenvalue weighted by Gasteiger charge is -2.28. The maximum atomic E-state index is 13.9. The van der Waals surface area contributed by atoms with Crippen molar-refractivity contribution in [3.8, 4) is 5.75 Å². The average molecular weight is 553 g/mol. The number of nitrogens with zero attached hydrogens (tertiary/aromatic N) is 1. The van der Waals surface area contributed by atoms with Crippen LogP contribution in [-0.2, 0) is 32.6 Å². The first-order valence-corrected chi connectivity index (χ1v) is 14.4. The molecule has 2 atom stereocenters. The zero-order chi connectivity index (χ0) is 28.3. The van der Waals surface area contributed by atoms with E-state index in [4.69, 9.17) is 4.74 Å². The Bertz CT molecular complexity index is 1540. The Morgan fingerprint density at radius 2 is 1.87 bits per heavy atom. The third kappa shape index (κ3) is 6.21. The van der Waals surface area contributed by atoms with Gasteiger partial charge in [0, 0.05) is 16.8 Å². The van der Waals surface area contributed by atoms with Crippen molar-refractivity contribution in [2.24, 2.45) is 0 Å². The van der Waals surface area contributed by atoms with Crippen molar-refractivity contribution < 1.29 is 27.5 Å². The van der Waals surface area contributed by atoms with Crippen LogP contribution in [0.1, 0.15) is 34.8 Å². The van der Waals surface area contributed by atoms with Crippen LogP contribution in [0.25, 0.3) is 10.8 Å². The number of hydrogen-bond donors (Lipinski definition) is 3. The quantitative estimate of drug-likeness (QED) is 0.390. The first-order chi connectivity index (χ1) is 18.5. The fourth-order valence-corrected chi connectivity index (χ4v) is 5.15. The van der Waals surface area contributed by atoms with Crippen LogP contribution in [0, 0.1) is 0 Å². The van der Waals surface area contributed by atoms with E-state index in [9.17, 15) is 22.8 Å². The highest BCUT2D eigenvalue weighted by molar-refractivity contribution is 7.89. The number of hydrogen-bond acceptors (Lipinski definition) is 7. The molecule has 3 aromatic carbocycles. The number of likely N-dealkylation sites (N-methyl/N-ethyl adjacent to an activating group) is 1. The van der Waals surface area contributed by atoms with Gasteiger partial charge < -0.3 is 20.3 Å². The molecular formula is C28H32N4O6S. The molecule has 0 spiro atoms. The van der Waals surface area contributed by atoms with Gasteiger partial charge in [-0.15, -0.1) is 0 Å². The van der Waals surface area contributed by atoms with Gasteiger partial charge in [0.05, 0.1) is 26.0 Å². The number of nitrogens with one attached hydrogen (secondary N) is 3. The number of aryl methyl sites for hydroxylation is 1. The number of carbonyl (C=O) groups is 3. The second-order valence-electron chi connectivity index (χ2n) is 9.55. The molecule has 0 radical (unpaired) electrons. The van der Waals surface area contributed by atoms with E-state index in [1.807, 2.05) is 29.0 Å². The molecule has 39 heavy (non-hydrogen) atoms. The number of anilines is 1. The number of fused-ring (bicyclic) bond motifs is 2. The summed E-state index contributed by atoms with van der Waals surface area (Å²) >= 11 is 0. The summed E-state index contributed by atoms with van der Waals surface area (Å²) in [5.74, 6) is -0.679. The molecule has 0 saturated heterocycles. The van der Waals surface area contributed by atoms with E-state index >= 15 is 0 Å². The number of para-hydroxylation sites is 1. The Kier molecular flexibility index (Phi) is 8.22. The highest BCUT2D eigenvalue weighted by Gasteiger charge is 2.33. The molecular weight excluding hydrogens is 520 g/mol. The number of rotatable bonds is 8. The van der Waals surface area contributed by atoms with Gasteiger partial charge in [-0.05, 0) is 67.4 Å². The molecule has 0 fully saturated rings. The maximum absolute atomic E-state index is 13.9. The Hall–Kier alpha value is -3.96. The highest BCUT2D eigenvalue weighted by Crippen LogP contribution is 2.34. The summed E-state index contributed by atoms with van der Waals surface area (Å²) in [7, 11) is -0.494. The van der Waals surface area contributed by atoms with Crippen molar-refractivity contribution in [2.45, 2.75) is 38.4 Å². The molecule has 1 aliphatic rings. The number of benzene rings is 3. The fraction of sp³-hybridized carbons (Fsp3) is 0.321. The molecule has 11 heteroatoms. The van der Waals surface area contributed by atoms with E-state index in [0.29, 0.717) is 29.5 Å². The van der Waals surface area contributed by atoms with Crippen molar-refractivity contribution in [1.82, 2.24) is 15.4 Å². The van der Waals surface area contributed by atoms with E-state index in [1.165, 1.54) is 6.07 Å². The van der Waals surface area contributed by atoms with E-state index < -0.39 is 28.0 Å². The molecule has 0 aliphatic carbocycles. The molecule has 3 amide bonds. The maximum Gasteiger partial charge on any atom is 0.264 e. The molecule has 10 nitrogen and oxygen atoms in total. The topological polar surface area (TPSA) is 134 Å².